The smallest absolute Gasteiger partial charge is 0.252 e. The highest BCUT2D eigenvalue weighted by atomic mass is 32.1. The van der Waals surface area contributed by atoms with Gasteiger partial charge in [-0.3, -0.25) is 9.59 Å². The van der Waals surface area contributed by atoms with Crippen LogP contribution in [0.3, 0.4) is 0 Å². The Kier molecular flexibility index (Phi) is 6.20. The molecule has 0 saturated heterocycles. The largest absolute Gasteiger partial charge is 0.497 e. The predicted molar refractivity (Wildman–Crippen MR) is 109 cm³/mol. The molecule has 140 valence electrons. The van der Waals surface area contributed by atoms with E-state index in [-0.39, 0.29) is 24.8 Å². The number of hydrogen-bond acceptors (Lipinski definition) is 6. The topological polar surface area (TPSA) is 80.3 Å². The van der Waals surface area contributed by atoms with Gasteiger partial charge in [0.1, 0.15) is 5.75 Å². The summed E-state index contributed by atoms with van der Waals surface area (Å²) in [5.74, 6) is 0.427. The van der Waals surface area contributed by atoms with Crippen molar-refractivity contribution in [1.29, 1.82) is 0 Å². The maximum absolute atomic E-state index is 12.1. The number of aromatic nitrogens is 1. The molecule has 27 heavy (non-hydrogen) atoms. The molecule has 1 aromatic carbocycles. The molecule has 8 heteroatoms. The van der Waals surface area contributed by atoms with Crippen molar-refractivity contribution in [1.82, 2.24) is 10.3 Å². The molecule has 2 N–H and O–H groups in total. The van der Waals surface area contributed by atoms with Gasteiger partial charge < -0.3 is 15.4 Å². The van der Waals surface area contributed by atoms with Crippen molar-refractivity contribution >= 4 is 39.6 Å². The molecule has 3 rings (SSSR count). The molecule has 2 amide bonds. The number of nitrogens with one attached hydrogen (secondary N) is 2. The summed E-state index contributed by atoms with van der Waals surface area (Å²) in [4.78, 5) is 29.5. The molecule has 0 aliphatic carbocycles. The molecule has 0 aliphatic rings. The van der Waals surface area contributed by atoms with Crippen LogP contribution in [0.25, 0.3) is 11.3 Å². The average Bonchev–Trinajstić information content (AvgIpc) is 3.32. The van der Waals surface area contributed by atoms with E-state index in [0.717, 1.165) is 21.9 Å². The highest BCUT2D eigenvalue weighted by molar-refractivity contribution is 7.16. The Morgan fingerprint density at radius 3 is 2.63 bits per heavy atom. The van der Waals surface area contributed by atoms with Crippen LogP contribution in [0.1, 0.15) is 21.7 Å². The van der Waals surface area contributed by atoms with Crippen LogP contribution >= 0.6 is 22.7 Å². The van der Waals surface area contributed by atoms with E-state index in [1.807, 2.05) is 36.6 Å². The number of thiazole rings is 1. The number of benzene rings is 1. The fourth-order valence-electron chi connectivity index (χ4n) is 2.43. The number of aryl methyl sites for hydroxylation is 1. The van der Waals surface area contributed by atoms with Crippen LogP contribution in [0.15, 0.2) is 41.1 Å². The van der Waals surface area contributed by atoms with Crippen LogP contribution in [0, 0.1) is 6.92 Å². The second-order valence-electron chi connectivity index (χ2n) is 5.72. The van der Waals surface area contributed by atoms with E-state index in [2.05, 4.69) is 15.6 Å². The minimum Gasteiger partial charge on any atom is -0.497 e. The number of carbonyl (C=O) groups is 2. The molecular weight excluding hydrogens is 382 g/mol. The lowest BCUT2D eigenvalue weighted by atomic mass is 10.1. The summed E-state index contributed by atoms with van der Waals surface area (Å²) >= 11 is 2.88. The van der Waals surface area contributed by atoms with Crippen molar-refractivity contribution in [3.63, 3.8) is 0 Å². The molecule has 3 aromatic rings. The Labute approximate surface area is 165 Å². The first-order valence-electron chi connectivity index (χ1n) is 8.29. The van der Waals surface area contributed by atoms with Gasteiger partial charge in [0, 0.05) is 34.3 Å². The van der Waals surface area contributed by atoms with Gasteiger partial charge in [-0.05, 0) is 42.6 Å². The van der Waals surface area contributed by atoms with E-state index in [4.69, 9.17) is 4.74 Å². The summed E-state index contributed by atoms with van der Waals surface area (Å²) in [5, 5.41) is 9.69. The first-order valence-corrected chi connectivity index (χ1v) is 10.0. The van der Waals surface area contributed by atoms with Crippen LogP contribution in [0.4, 0.5) is 5.13 Å². The van der Waals surface area contributed by atoms with E-state index >= 15 is 0 Å². The molecule has 0 radical (unpaired) electrons. The van der Waals surface area contributed by atoms with Crippen LogP contribution in [-0.4, -0.2) is 30.5 Å². The molecule has 0 fully saturated rings. The summed E-state index contributed by atoms with van der Waals surface area (Å²) in [5.41, 5.74) is 2.41. The Balaban J connectivity index is 1.54. The van der Waals surface area contributed by atoms with Crippen molar-refractivity contribution in [2.45, 2.75) is 13.3 Å². The van der Waals surface area contributed by atoms with Gasteiger partial charge in [-0.15, -0.1) is 11.3 Å². The Morgan fingerprint density at radius 1 is 1.19 bits per heavy atom. The lowest BCUT2D eigenvalue weighted by Gasteiger charge is -2.04. The third-order valence-electron chi connectivity index (χ3n) is 3.83. The summed E-state index contributed by atoms with van der Waals surface area (Å²) in [6.07, 6.45) is 0.187. The number of carbonyl (C=O) groups excluding carboxylic acids is 2. The Bertz CT molecular complexity index is 918. The van der Waals surface area contributed by atoms with Crippen LogP contribution in [0.5, 0.6) is 5.75 Å². The third kappa shape index (κ3) is 4.93. The van der Waals surface area contributed by atoms with Gasteiger partial charge in [0.2, 0.25) is 5.91 Å². The zero-order valence-corrected chi connectivity index (χ0v) is 16.6. The number of thiophene rings is 1. The summed E-state index contributed by atoms with van der Waals surface area (Å²) in [7, 11) is 1.62. The van der Waals surface area contributed by atoms with Crippen LogP contribution in [-0.2, 0) is 4.79 Å². The van der Waals surface area contributed by atoms with E-state index in [1.54, 1.807) is 18.6 Å². The van der Waals surface area contributed by atoms with Gasteiger partial charge in [-0.1, -0.05) is 0 Å². The van der Waals surface area contributed by atoms with E-state index in [9.17, 15) is 9.59 Å². The normalized spacial score (nSPS) is 10.4. The number of ether oxygens (including phenoxy) is 1. The minimum absolute atomic E-state index is 0.170. The maximum atomic E-state index is 12.1. The van der Waals surface area contributed by atoms with Gasteiger partial charge in [0.15, 0.2) is 5.13 Å². The fourth-order valence-corrected chi connectivity index (χ4v) is 3.92. The van der Waals surface area contributed by atoms with E-state index < -0.39 is 0 Å². The number of hydrogen-bond donors (Lipinski definition) is 2. The SMILES string of the molecule is COc1ccc(-c2nc(NC(=O)CCNC(=O)c3ccsc3)sc2C)cc1. The first kappa shape index (κ1) is 19.1. The molecule has 2 aromatic heterocycles. The van der Waals surface area contributed by atoms with Gasteiger partial charge in [-0.25, -0.2) is 4.98 Å². The molecule has 6 nitrogen and oxygen atoms in total. The van der Waals surface area contributed by atoms with Crippen molar-refractivity contribution in [3.8, 4) is 17.0 Å². The molecule has 0 spiro atoms. The molecule has 0 aliphatic heterocycles. The predicted octanol–water partition coefficient (Wildman–Crippen LogP) is 3.95. The highest BCUT2D eigenvalue weighted by Gasteiger charge is 2.13. The maximum Gasteiger partial charge on any atom is 0.252 e. The molecule has 2 heterocycles. The molecule has 0 atom stereocenters. The van der Waals surface area contributed by atoms with Gasteiger partial charge >= 0.3 is 0 Å². The van der Waals surface area contributed by atoms with E-state index in [1.165, 1.54) is 22.7 Å². The van der Waals surface area contributed by atoms with Gasteiger partial charge in [0.05, 0.1) is 12.8 Å². The number of amides is 2. The molecule has 0 unspecified atom stereocenters. The number of methoxy groups -OCH3 is 1. The summed E-state index contributed by atoms with van der Waals surface area (Å²) in [6, 6.07) is 9.38. The second kappa shape index (κ2) is 8.79. The zero-order valence-electron chi connectivity index (χ0n) is 14.9. The number of anilines is 1. The van der Waals surface area contributed by atoms with Crippen molar-refractivity contribution < 1.29 is 14.3 Å². The average molecular weight is 402 g/mol. The minimum atomic E-state index is -0.185. The Hall–Kier alpha value is -2.71. The van der Waals surface area contributed by atoms with Gasteiger partial charge in [-0.2, -0.15) is 11.3 Å². The third-order valence-corrected chi connectivity index (χ3v) is 5.40. The standard InChI is InChI=1S/C19H19N3O3S2/c1-12-17(13-3-5-15(25-2)6-4-13)22-19(27-12)21-16(23)7-9-20-18(24)14-8-10-26-11-14/h3-6,8,10-11H,7,9H2,1-2H3,(H,20,24)(H,21,22,23). The number of rotatable bonds is 7. The molecule has 0 saturated carbocycles. The van der Waals surface area contributed by atoms with Crippen molar-refractivity contribution in [3.05, 3.63) is 51.5 Å². The first-order chi connectivity index (χ1) is 13.1. The van der Waals surface area contributed by atoms with Crippen LogP contribution in [0.2, 0.25) is 0 Å². The number of nitrogens with zero attached hydrogens (tertiary/aromatic N) is 1. The van der Waals surface area contributed by atoms with Crippen molar-refractivity contribution in [2.75, 3.05) is 19.0 Å². The summed E-state index contributed by atoms with van der Waals surface area (Å²) in [6.45, 7) is 2.24. The fraction of sp³-hybridized carbons (Fsp3) is 0.211. The van der Waals surface area contributed by atoms with Gasteiger partial charge in [0.25, 0.3) is 5.91 Å². The highest BCUT2D eigenvalue weighted by Crippen LogP contribution is 2.31. The molecular formula is C19H19N3O3S2. The van der Waals surface area contributed by atoms with E-state index in [0.29, 0.717) is 10.7 Å². The Morgan fingerprint density at radius 2 is 1.96 bits per heavy atom. The lowest BCUT2D eigenvalue weighted by Crippen LogP contribution is -2.27. The quantitative estimate of drug-likeness (QED) is 0.628. The second-order valence-corrected chi connectivity index (χ2v) is 7.70. The lowest BCUT2D eigenvalue weighted by molar-refractivity contribution is -0.116. The monoisotopic (exact) mass is 401 g/mol. The van der Waals surface area contributed by atoms with Crippen molar-refractivity contribution in [2.24, 2.45) is 0 Å². The zero-order chi connectivity index (χ0) is 19.2. The summed E-state index contributed by atoms with van der Waals surface area (Å²) < 4.78 is 5.17. The van der Waals surface area contributed by atoms with Crippen LogP contribution < -0.4 is 15.4 Å². The molecule has 0 bridgehead atoms.